The summed E-state index contributed by atoms with van der Waals surface area (Å²) in [5.74, 6) is -0.204. The Hall–Kier alpha value is -3.28. The van der Waals surface area contributed by atoms with Crippen molar-refractivity contribution in [3.05, 3.63) is 64.5 Å². The monoisotopic (exact) mass is 382 g/mol. The smallest absolute Gasteiger partial charge is 0.383 e. The first-order chi connectivity index (χ1) is 13.3. The minimum atomic E-state index is -0.797. The van der Waals surface area contributed by atoms with Crippen molar-refractivity contribution in [2.45, 2.75) is 39.9 Å². The van der Waals surface area contributed by atoms with E-state index in [1.807, 2.05) is 27.7 Å². The lowest BCUT2D eigenvalue weighted by Gasteiger charge is -2.16. The van der Waals surface area contributed by atoms with Gasteiger partial charge in [0.2, 0.25) is 0 Å². The van der Waals surface area contributed by atoms with Gasteiger partial charge in [0.15, 0.2) is 5.75 Å². The average Bonchev–Trinajstić information content (AvgIpc) is 2.64. The summed E-state index contributed by atoms with van der Waals surface area (Å²) in [7, 11) is 0. The predicted octanol–water partition coefficient (Wildman–Crippen LogP) is 4.59. The summed E-state index contributed by atoms with van der Waals surface area (Å²) in [6.45, 7) is 7.44. The van der Waals surface area contributed by atoms with Gasteiger partial charge in [-0.1, -0.05) is 18.2 Å². The topological polar surface area (TPSA) is 75.0 Å². The minimum Gasteiger partial charge on any atom is -0.491 e. The number of rotatable bonds is 6. The highest BCUT2D eigenvalue weighted by molar-refractivity contribution is 5.93. The maximum atomic E-state index is 12.6. The zero-order chi connectivity index (χ0) is 20.3. The van der Waals surface area contributed by atoms with Crippen LogP contribution in [0.1, 0.15) is 38.1 Å². The van der Waals surface area contributed by atoms with Crippen LogP contribution in [0.5, 0.6) is 17.2 Å². The summed E-state index contributed by atoms with van der Waals surface area (Å²) in [4.78, 5) is 25.0. The van der Waals surface area contributed by atoms with Crippen LogP contribution in [-0.4, -0.2) is 18.2 Å². The van der Waals surface area contributed by atoms with Gasteiger partial charge in [0.05, 0.1) is 23.2 Å². The Balaban J connectivity index is 2.09. The van der Waals surface area contributed by atoms with Gasteiger partial charge in [-0.15, -0.1) is 0 Å². The molecule has 0 radical (unpaired) electrons. The fraction of sp³-hybridized carbons (Fsp3) is 0.273. The average molecular weight is 382 g/mol. The molecular weight excluding hydrogens is 360 g/mol. The lowest BCUT2D eigenvalue weighted by Crippen LogP contribution is -2.17. The van der Waals surface area contributed by atoms with Gasteiger partial charge >= 0.3 is 11.6 Å². The highest BCUT2D eigenvalue weighted by Crippen LogP contribution is 2.35. The Morgan fingerprint density at radius 1 is 0.893 bits per heavy atom. The molecule has 28 heavy (non-hydrogen) atoms. The second kappa shape index (κ2) is 8.17. The van der Waals surface area contributed by atoms with Gasteiger partial charge in [-0.05, 0) is 52.0 Å². The number of carbonyl (C=O) groups is 1. The summed E-state index contributed by atoms with van der Waals surface area (Å²) < 4.78 is 22.2. The molecule has 0 amide bonds. The van der Waals surface area contributed by atoms with Gasteiger partial charge in [0, 0.05) is 6.07 Å². The molecule has 0 aliphatic rings. The molecule has 0 fully saturated rings. The van der Waals surface area contributed by atoms with Crippen LogP contribution in [0, 0.1) is 0 Å². The van der Waals surface area contributed by atoms with Crippen LogP contribution in [-0.2, 0) is 0 Å². The molecule has 0 spiro atoms. The zero-order valence-electron chi connectivity index (χ0n) is 16.2. The van der Waals surface area contributed by atoms with Crippen LogP contribution >= 0.6 is 0 Å². The number of benzene rings is 2. The Kier molecular flexibility index (Phi) is 5.68. The van der Waals surface area contributed by atoms with Crippen LogP contribution < -0.4 is 19.8 Å². The SMILES string of the molecule is CC(C)Oc1ccc2c(OC(C)C)c(OC(=O)c3ccccc3)c(=O)oc2c1. The van der Waals surface area contributed by atoms with E-state index < -0.39 is 11.6 Å². The lowest BCUT2D eigenvalue weighted by molar-refractivity contribution is 0.0718. The standard InChI is InChI=1S/C22H22O6/c1-13(2)25-16-10-11-17-18(12-16)27-22(24)20(19(17)26-14(3)4)28-21(23)15-8-6-5-7-9-15/h5-14H,1-4H3. The van der Waals surface area contributed by atoms with E-state index in [1.165, 1.54) is 0 Å². The Morgan fingerprint density at radius 2 is 1.57 bits per heavy atom. The maximum absolute atomic E-state index is 12.6. The van der Waals surface area contributed by atoms with Gasteiger partial charge < -0.3 is 18.6 Å². The fourth-order valence-corrected chi connectivity index (χ4v) is 2.65. The predicted molar refractivity (Wildman–Crippen MR) is 105 cm³/mol. The van der Waals surface area contributed by atoms with Gasteiger partial charge in [0.25, 0.3) is 5.75 Å². The summed E-state index contributed by atoms with van der Waals surface area (Å²) in [6.07, 6.45) is -0.271. The van der Waals surface area contributed by atoms with E-state index in [-0.39, 0.29) is 23.7 Å². The molecule has 6 heteroatoms. The summed E-state index contributed by atoms with van der Waals surface area (Å²) in [6, 6.07) is 13.5. The van der Waals surface area contributed by atoms with Crippen LogP contribution in [0.3, 0.4) is 0 Å². The molecule has 146 valence electrons. The van der Waals surface area contributed by atoms with Crippen molar-refractivity contribution >= 4 is 16.9 Å². The first kappa shape index (κ1) is 19.5. The molecule has 0 atom stereocenters. The van der Waals surface area contributed by atoms with Crippen molar-refractivity contribution in [2.24, 2.45) is 0 Å². The van der Waals surface area contributed by atoms with Crippen molar-refractivity contribution in [1.82, 2.24) is 0 Å². The molecule has 3 rings (SSSR count). The second-order valence-corrected chi connectivity index (χ2v) is 6.79. The van der Waals surface area contributed by atoms with Crippen molar-refractivity contribution in [1.29, 1.82) is 0 Å². The van der Waals surface area contributed by atoms with Crippen molar-refractivity contribution in [2.75, 3.05) is 0 Å². The molecule has 1 aromatic heterocycles. The van der Waals surface area contributed by atoms with Crippen LogP contribution in [0.2, 0.25) is 0 Å². The molecule has 3 aromatic rings. The third-order valence-corrected chi connectivity index (χ3v) is 3.72. The molecule has 1 heterocycles. The summed E-state index contributed by atoms with van der Waals surface area (Å²) >= 11 is 0. The molecule has 2 aromatic carbocycles. The van der Waals surface area contributed by atoms with E-state index in [2.05, 4.69) is 0 Å². The van der Waals surface area contributed by atoms with E-state index >= 15 is 0 Å². The molecule has 0 unspecified atom stereocenters. The number of hydrogen-bond donors (Lipinski definition) is 0. The van der Waals surface area contributed by atoms with Gasteiger partial charge in [-0.2, -0.15) is 0 Å². The second-order valence-electron chi connectivity index (χ2n) is 6.79. The quantitative estimate of drug-likeness (QED) is 0.459. The van der Waals surface area contributed by atoms with Crippen molar-refractivity contribution in [3.8, 4) is 17.2 Å². The van der Waals surface area contributed by atoms with Crippen LogP contribution in [0.25, 0.3) is 11.0 Å². The van der Waals surface area contributed by atoms with E-state index in [1.54, 1.807) is 48.5 Å². The summed E-state index contributed by atoms with van der Waals surface area (Å²) in [5.41, 5.74) is -0.189. The number of fused-ring (bicyclic) bond motifs is 1. The Bertz CT molecular complexity index is 1030. The normalized spacial score (nSPS) is 11.1. The molecule has 0 bridgehead atoms. The zero-order valence-corrected chi connectivity index (χ0v) is 16.2. The number of esters is 1. The molecule has 0 saturated heterocycles. The molecule has 0 N–H and O–H groups in total. The fourth-order valence-electron chi connectivity index (χ4n) is 2.65. The summed E-state index contributed by atoms with van der Waals surface area (Å²) in [5, 5.41) is 0.514. The lowest BCUT2D eigenvalue weighted by atomic mass is 10.2. The number of carbonyl (C=O) groups excluding carboxylic acids is 1. The highest BCUT2D eigenvalue weighted by atomic mass is 16.6. The third-order valence-electron chi connectivity index (χ3n) is 3.72. The van der Waals surface area contributed by atoms with Gasteiger partial charge in [-0.3, -0.25) is 0 Å². The first-order valence-electron chi connectivity index (χ1n) is 9.06. The minimum absolute atomic E-state index is 0.0262. The van der Waals surface area contributed by atoms with E-state index in [0.717, 1.165) is 0 Å². The highest BCUT2D eigenvalue weighted by Gasteiger charge is 2.22. The Morgan fingerprint density at radius 3 is 2.21 bits per heavy atom. The van der Waals surface area contributed by atoms with Crippen molar-refractivity contribution in [3.63, 3.8) is 0 Å². The molecule has 0 aliphatic heterocycles. The first-order valence-corrected chi connectivity index (χ1v) is 9.06. The largest absolute Gasteiger partial charge is 0.491 e. The Labute approximate surface area is 162 Å². The van der Waals surface area contributed by atoms with E-state index in [9.17, 15) is 9.59 Å². The third kappa shape index (κ3) is 4.34. The molecule has 6 nitrogen and oxygen atoms in total. The molecule has 0 aliphatic carbocycles. The van der Waals surface area contributed by atoms with E-state index in [4.69, 9.17) is 18.6 Å². The van der Waals surface area contributed by atoms with Crippen molar-refractivity contribution < 1.29 is 23.4 Å². The maximum Gasteiger partial charge on any atom is 0.383 e. The van der Waals surface area contributed by atoms with E-state index in [0.29, 0.717) is 22.3 Å². The van der Waals surface area contributed by atoms with Crippen LogP contribution in [0.4, 0.5) is 0 Å². The molecular formula is C22H22O6. The van der Waals surface area contributed by atoms with Gasteiger partial charge in [0.1, 0.15) is 11.3 Å². The number of ether oxygens (including phenoxy) is 3. The van der Waals surface area contributed by atoms with Crippen LogP contribution in [0.15, 0.2) is 57.7 Å². The molecule has 0 saturated carbocycles. The van der Waals surface area contributed by atoms with Gasteiger partial charge in [-0.25, -0.2) is 9.59 Å². The number of hydrogen-bond acceptors (Lipinski definition) is 6.